The third kappa shape index (κ3) is 4.97. The smallest absolute Gasteiger partial charge is 0.0622 e. The van der Waals surface area contributed by atoms with Gasteiger partial charge in [0, 0.05) is 27.7 Å². The fraction of sp³-hybridized carbons (Fsp3) is 0.875. The molecule has 0 N–H and O–H groups in total. The van der Waals surface area contributed by atoms with Gasteiger partial charge in [-0.3, -0.25) is 4.21 Å². The second-order valence-electron chi connectivity index (χ2n) is 3.42. The molecule has 0 amide bonds. The van der Waals surface area contributed by atoms with Gasteiger partial charge in [0.25, 0.3) is 0 Å². The minimum Gasteiger partial charge on any atom is -0.259 e. The summed E-state index contributed by atoms with van der Waals surface area (Å²) < 4.78 is 11.2. The van der Waals surface area contributed by atoms with E-state index >= 15 is 0 Å². The Kier molecular flexibility index (Phi) is 4.36. The zero-order valence-corrected chi connectivity index (χ0v) is 8.20. The van der Waals surface area contributed by atoms with Crippen molar-refractivity contribution in [1.82, 2.24) is 0 Å². The van der Waals surface area contributed by atoms with E-state index < -0.39 is 10.8 Å². The first kappa shape index (κ1) is 10.6. The second-order valence-corrected chi connectivity index (χ2v) is 5.75. The van der Waals surface area contributed by atoms with Gasteiger partial charge in [0.05, 0.1) is 6.07 Å². The molecular weight excluding hydrogens is 158 g/mol. The van der Waals surface area contributed by atoms with E-state index in [1.807, 2.05) is 26.8 Å². The average Bonchev–Trinajstić information content (AvgIpc) is 1.86. The van der Waals surface area contributed by atoms with Crippen molar-refractivity contribution in [2.24, 2.45) is 0 Å². The third-order valence-electron chi connectivity index (χ3n) is 1.30. The first-order chi connectivity index (χ1) is 4.98. The van der Waals surface area contributed by atoms with Crippen molar-refractivity contribution in [3.8, 4) is 6.07 Å². The lowest BCUT2D eigenvalue weighted by Crippen LogP contribution is -2.23. The SMILES string of the molecule is CC(C)(C)S(=O)CCCC#N. The van der Waals surface area contributed by atoms with Crippen molar-refractivity contribution < 1.29 is 4.21 Å². The fourth-order valence-corrected chi connectivity index (χ4v) is 1.61. The normalized spacial score (nSPS) is 14.0. The summed E-state index contributed by atoms with van der Waals surface area (Å²) in [6, 6.07) is 2.04. The van der Waals surface area contributed by atoms with Crippen molar-refractivity contribution in [2.75, 3.05) is 5.75 Å². The van der Waals surface area contributed by atoms with Crippen molar-refractivity contribution in [2.45, 2.75) is 38.4 Å². The van der Waals surface area contributed by atoms with Crippen molar-refractivity contribution in [1.29, 1.82) is 5.26 Å². The van der Waals surface area contributed by atoms with Gasteiger partial charge in [-0.25, -0.2) is 0 Å². The number of hydrogen-bond donors (Lipinski definition) is 0. The largest absolute Gasteiger partial charge is 0.259 e. The lowest BCUT2D eigenvalue weighted by molar-refractivity contribution is 0.646. The highest BCUT2D eigenvalue weighted by molar-refractivity contribution is 7.86. The van der Waals surface area contributed by atoms with Crippen LogP contribution < -0.4 is 0 Å². The van der Waals surface area contributed by atoms with E-state index in [1.165, 1.54) is 0 Å². The molecule has 0 aromatic carbocycles. The van der Waals surface area contributed by atoms with Crippen molar-refractivity contribution >= 4 is 10.8 Å². The van der Waals surface area contributed by atoms with Crippen LogP contribution in [-0.4, -0.2) is 14.7 Å². The molecule has 0 radical (unpaired) electrons. The molecule has 3 heteroatoms. The highest BCUT2D eigenvalue weighted by atomic mass is 32.2. The molecular formula is C8H15NOS. The van der Waals surface area contributed by atoms with E-state index in [1.54, 1.807) is 0 Å². The summed E-state index contributed by atoms with van der Waals surface area (Å²) in [5, 5.41) is 8.23. The van der Waals surface area contributed by atoms with Crippen LogP contribution in [-0.2, 0) is 10.8 Å². The summed E-state index contributed by atoms with van der Waals surface area (Å²) in [5.41, 5.74) is 0. The lowest BCUT2D eigenvalue weighted by atomic mass is 10.3. The molecule has 0 spiro atoms. The molecule has 0 saturated carbocycles. The molecule has 0 rings (SSSR count). The van der Waals surface area contributed by atoms with Gasteiger partial charge in [0.2, 0.25) is 0 Å². The lowest BCUT2D eigenvalue weighted by Gasteiger charge is -2.16. The van der Waals surface area contributed by atoms with Crippen LogP contribution in [0.15, 0.2) is 0 Å². The third-order valence-corrected chi connectivity index (χ3v) is 3.33. The zero-order chi connectivity index (χ0) is 8.91. The van der Waals surface area contributed by atoms with E-state index in [-0.39, 0.29) is 4.75 Å². The molecule has 64 valence electrons. The van der Waals surface area contributed by atoms with Gasteiger partial charge >= 0.3 is 0 Å². The predicted molar refractivity (Wildman–Crippen MR) is 47.6 cm³/mol. The van der Waals surface area contributed by atoms with E-state index in [4.69, 9.17) is 5.26 Å². The summed E-state index contributed by atoms with van der Waals surface area (Å²) >= 11 is 0. The van der Waals surface area contributed by atoms with Crippen LogP contribution >= 0.6 is 0 Å². The predicted octanol–water partition coefficient (Wildman–Crippen LogP) is 1.84. The van der Waals surface area contributed by atoms with E-state index in [0.717, 1.165) is 6.42 Å². The summed E-state index contributed by atoms with van der Waals surface area (Å²) in [6.45, 7) is 5.86. The van der Waals surface area contributed by atoms with Crippen LogP contribution in [0.4, 0.5) is 0 Å². The Bertz CT molecular complexity index is 176. The summed E-state index contributed by atoms with van der Waals surface area (Å²) in [4.78, 5) is 0. The van der Waals surface area contributed by atoms with E-state index in [2.05, 4.69) is 0 Å². The summed E-state index contributed by atoms with van der Waals surface area (Å²) in [5.74, 6) is 0.650. The van der Waals surface area contributed by atoms with Gasteiger partial charge in [-0.1, -0.05) is 0 Å². The van der Waals surface area contributed by atoms with Gasteiger partial charge in [-0.05, 0) is 27.2 Å². The number of hydrogen-bond acceptors (Lipinski definition) is 2. The van der Waals surface area contributed by atoms with Gasteiger partial charge in [-0.2, -0.15) is 5.26 Å². The average molecular weight is 173 g/mol. The van der Waals surface area contributed by atoms with Crippen LogP contribution in [0.25, 0.3) is 0 Å². The van der Waals surface area contributed by atoms with Crippen molar-refractivity contribution in [3.05, 3.63) is 0 Å². The van der Waals surface area contributed by atoms with Crippen LogP contribution in [0.3, 0.4) is 0 Å². The topological polar surface area (TPSA) is 40.9 Å². The minimum atomic E-state index is -0.790. The summed E-state index contributed by atoms with van der Waals surface area (Å²) in [7, 11) is -0.790. The Hall–Kier alpha value is -0.360. The molecule has 11 heavy (non-hydrogen) atoms. The Morgan fingerprint density at radius 1 is 1.45 bits per heavy atom. The molecule has 1 unspecified atom stereocenters. The summed E-state index contributed by atoms with van der Waals surface area (Å²) in [6.07, 6.45) is 1.27. The monoisotopic (exact) mass is 173 g/mol. The van der Waals surface area contributed by atoms with E-state index in [0.29, 0.717) is 12.2 Å². The molecule has 0 aromatic heterocycles. The van der Waals surface area contributed by atoms with Crippen LogP contribution in [0.1, 0.15) is 33.6 Å². The van der Waals surface area contributed by atoms with Gasteiger partial charge in [-0.15, -0.1) is 0 Å². The quantitative estimate of drug-likeness (QED) is 0.611. The molecule has 0 bridgehead atoms. The van der Waals surface area contributed by atoms with Crippen LogP contribution in [0.5, 0.6) is 0 Å². The molecule has 0 heterocycles. The molecule has 0 aromatic rings. The molecule has 0 aliphatic rings. The maximum atomic E-state index is 11.3. The first-order valence-electron chi connectivity index (χ1n) is 3.74. The minimum absolute atomic E-state index is 0.130. The van der Waals surface area contributed by atoms with E-state index in [9.17, 15) is 4.21 Å². The van der Waals surface area contributed by atoms with Crippen LogP contribution in [0, 0.1) is 11.3 Å². The zero-order valence-electron chi connectivity index (χ0n) is 7.39. The molecule has 0 saturated heterocycles. The Labute approximate surface area is 71.1 Å². The van der Waals surface area contributed by atoms with Crippen LogP contribution in [0.2, 0.25) is 0 Å². The van der Waals surface area contributed by atoms with Crippen molar-refractivity contribution in [3.63, 3.8) is 0 Å². The Morgan fingerprint density at radius 2 is 2.00 bits per heavy atom. The maximum Gasteiger partial charge on any atom is 0.0622 e. The fourth-order valence-electron chi connectivity index (χ4n) is 0.589. The molecule has 2 nitrogen and oxygen atoms in total. The number of nitriles is 1. The van der Waals surface area contributed by atoms with Gasteiger partial charge in [0.15, 0.2) is 0 Å². The number of unbranched alkanes of at least 4 members (excludes halogenated alkanes) is 1. The highest BCUT2D eigenvalue weighted by Gasteiger charge is 2.18. The second kappa shape index (κ2) is 4.50. The maximum absolute atomic E-state index is 11.3. The Balaban J connectivity index is 3.64. The van der Waals surface area contributed by atoms with Gasteiger partial charge in [0.1, 0.15) is 0 Å². The molecule has 0 fully saturated rings. The molecule has 1 atom stereocenters. The standard InChI is InChI=1S/C8H15NOS/c1-8(2,3)11(10)7-5-4-6-9/h4-5,7H2,1-3H3. The Morgan fingerprint density at radius 3 is 2.36 bits per heavy atom. The molecule has 0 aliphatic heterocycles. The highest BCUT2D eigenvalue weighted by Crippen LogP contribution is 2.12. The molecule has 0 aliphatic carbocycles. The number of rotatable bonds is 3. The first-order valence-corrected chi connectivity index (χ1v) is 5.06. The van der Waals surface area contributed by atoms with Gasteiger partial charge < -0.3 is 0 Å². The number of nitrogens with zero attached hydrogens (tertiary/aromatic N) is 1.